The number of sulfonamides is 1. The first-order chi connectivity index (χ1) is 11.0. The number of hydrogen-bond donors (Lipinski definition) is 2. The van der Waals surface area contributed by atoms with Gasteiger partial charge < -0.3 is 10.2 Å². The lowest BCUT2D eigenvalue weighted by molar-refractivity contribution is -0.127. The lowest BCUT2D eigenvalue weighted by Crippen LogP contribution is -2.40. The van der Waals surface area contributed by atoms with Gasteiger partial charge in [0.1, 0.15) is 0 Å². The van der Waals surface area contributed by atoms with Crippen LogP contribution in [0, 0.1) is 5.92 Å². The molecule has 0 radical (unpaired) electrons. The van der Waals surface area contributed by atoms with E-state index >= 15 is 0 Å². The van der Waals surface area contributed by atoms with E-state index in [1.54, 1.807) is 40.0 Å². The maximum atomic E-state index is 12.4. The predicted molar refractivity (Wildman–Crippen MR) is 90.9 cm³/mol. The van der Waals surface area contributed by atoms with Crippen molar-refractivity contribution in [2.24, 2.45) is 5.92 Å². The standard InChI is InChI=1S/C16H23N3O4S/c1-16(2,3)18-24(22,23)13-7-5-6-12(9-13)17-15(21)11-8-14(20)19(4)10-11/h5-7,9,11,18H,8,10H2,1-4H3,(H,17,21)/t11-/m1/s1. The van der Waals surface area contributed by atoms with Crippen LogP contribution in [0.2, 0.25) is 0 Å². The largest absolute Gasteiger partial charge is 0.345 e. The number of hydrogen-bond acceptors (Lipinski definition) is 4. The molecule has 0 aromatic heterocycles. The Morgan fingerprint density at radius 1 is 1.29 bits per heavy atom. The predicted octanol–water partition coefficient (Wildman–Crippen LogP) is 1.18. The van der Waals surface area contributed by atoms with Crippen LogP contribution in [0.1, 0.15) is 27.2 Å². The van der Waals surface area contributed by atoms with E-state index in [9.17, 15) is 18.0 Å². The monoisotopic (exact) mass is 353 g/mol. The van der Waals surface area contributed by atoms with Crippen molar-refractivity contribution in [2.75, 3.05) is 18.9 Å². The van der Waals surface area contributed by atoms with E-state index in [4.69, 9.17) is 0 Å². The van der Waals surface area contributed by atoms with Crippen molar-refractivity contribution in [1.82, 2.24) is 9.62 Å². The average molecular weight is 353 g/mol. The Hall–Kier alpha value is -1.93. The Morgan fingerprint density at radius 2 is 1.96 bits per heavy atom. The van der Waals surface area contributed by atoms with Crippen LogP contribution in [0.5, 0.6) is 0 Å². The van der Waals surface area contributed by atoms with Gasteiger partial charge in [-0.05, 0) is 39.0 Å². The minimum Gasteiger partial charge on any atom is -0.345 e. The SMILES string of the molecule is CN1C[C@H](C(=O)Nc2cccc(S(=O)(=O)NC(C)(C)C)c2)CC1=O. The number of amides is 2. The van der Waals surface area contributed by atoms with Gasteiger partial charge in [0.05, 0.1) is 10.8 Å². The summed E-state index contributed by atoms with van der Waals surface area (Å²) in [6, 6.07) is 6.07. The number of benzene rings is 1. The van der Waals surface area contributed by atoms with Crippen LogP contribution in [0.15, 0.2) is 29.2 Å². The van der Waals surface area contributed by atoms with Crippen molar-refractivity contribution in [1.29, 1.82) is 0 Å². The lowest BCUT2D eigenvalue weighted by Gasteiger charge is -2.20. The van der Waals surface area contributed by atoms with Crippen LogP contribution in [0.3, 0.4) is 0 Å². The maximum absolute atomic E-state index is 12.4. The van der Waals surface area contributed by atoms with Crippen molar-refractivity contribution < 1.29 is 18.0 Å². The van der Waals surface area contributed by atoms with Crippen LogP contribution in [-0.2, 0) is 19.6 Å². The summed E-state index contributed by atoms with van der Waals surface area (Å²) >= 11 is 0. The van der Waals surface area contributed by atoms with Crippen molar-refractivity contribution in [3.63, 3.8) is 0 Å². The van der Waals surface area contributed by atoms with Crippen molar-refractivity contribution in [3.8, 4) is 0 Å². The number of rotatable bonds is 4. The van der Waals surface area contributed by atoms with Gasteiger partial charge in [-0.1, -0.05) is 6.07 Å². The third-order valence-electron chi connectivity index (χ3n) is 3.56. The molecule has 0 aliphatic carbocycles. The summed E-state index contributed by atoms with van der Waals surface area (Å²) in [5.74, 6) is -0.776. The lowest BCUT2D eigenvalue weighted by atomic mass is 10.1. The summed E-state index contributed by atoms with van der Waals surface area (Å²) in [6.45, 7) is 5.63. The number of nitrogens with one attached hydrogen (secondary N) is 2. The molecular formula is C16H23N3O4S. The molecule has 2 amide bonds. The summed E-state index contributed by atoms with van der Waals surface area (Å²) in [5.41, 5.74) is -0.217. The van der Waals surface area contributed by atoms with Gasteiger partial charge in [0, 0.05) is 31.2 Å². The minimum absolute atomic E-state index is 0.0687. The molecule has 8 heteroatoms. The quantitative estimate of drug-likeness (QED) is 0.850. The first-order valence-corrected chi connectivity index (χ1v) is 9.15. The average Bonchev–Trinajstić information content (AvgIpc) is 2.76. The summed E-state index contributed by atoms with van der Waals surface area (Å²) in [6.07, 6.45) is 0.173. The van der Waals surface area contributed by atoms with Crippen molar-refractivity contribution >= 4 is 27.5 Å². The number of anilines is 1. The fourth-order valence-corrected chi connectivity index (χ4v) is 3.95. The Balaban J connectivity index is 2.13. The molecule has 0 saturated carbocycles. The van der Waals surface area contributed by atoms with Crippen LogP contribution in [0.4, 0.5) is 5.69 Å². The van der Waals surface area contributed by atoms with Gasteiger partial charge in [0.15, 0.2) is 0 Å². The Kier molecular flexibility index (Phi) is 5.00. The third-order valence-corrected chi connectivity index (χ3v) is 5.32. The first-order valence-electron chi connectivity index (χ1n) is 7.67. The van der Waals surface area contributed by atoms with E-state index in [1.807, 2.05) is 0 Å². The van der Waals surface area contributed by atoms with Gasteiger partial charge in [-0.25, -0.2) is 13.1 Å². The Morgan fingerprint density at radius 3 is 2.50 bits per heavy atom. The molecule has 7 nitrogen and oxygen atoms in total. The molecule has 1 aliphatic rings. The second-order valence-corrected chi connectivity index (χ2v) is 8.73. The summed E-state index contributed by atoms with van der Waals surface area (Å²) in [7, 11) is -2.02. The zero-order valence-electron chi connectivity index (χ0n) is 14.3. The van der Waals surface area contributed by atoms with Gasteiger partial charge in [-0.3, -0.25) is 9.59 Å². The second kappa shape index (κ2) is 6.52. The van der Waals surface area contributed by atoms with Gasteiger partial charge in [-0.15, -0.1) is 0 Å². The van der Waals surface area contributed by atoms with Crippen LogP contribution >= 0.6 is 0 Å². The van der Waals surface area contributed by atoms with E-state index < -0.39 is 21.5 Å². The minimum atomic E-state index is -3.68. The molecule has 24 heavy (non-hydrogen) atoms. The molecule has 1 heterocycles. The number of carbonyl (C=O) groups is 2. The molecule has 1 aliphatic heterocycles. The molecule has 0 bridgehead atoms. The first kappa shape index (κ1) is 18.4. The Bertz CT molecular complexity index is 753. The highest BCUT2D eigenvalue weighted by Gasteiger charge is 2.32. The van der Waals surface area contributed by atoms with Gasteiger partial charge in [0.2, 0.25) is 21.8 Å². The highest BCUT2D eigenvalue weighted by molar-refractivity contribution is 7.89. The van der Waals surface area contributed by atoms with Crippen LogP contribution in [0.25, 0.3) is 0 Å². The molecule has 0 spiro atoms. The molecular weight excluding hydrogens is 330 g/mol. The summed E-state index contributed by atoms with van der Waals surface area (Å²) < 4.78 is 27.3. The van der Waals surface area contributed by atoms with E-state index in [-0.39, 0.29) is 23.1 Å². The van der Waals surface area contributed by atoms with E-state index in [1.165, 1.54) is 17.0 Å². The van der Waals surface area contributed by atoms with Gasteiger partial charge in [0.25, 0.3) is 0 Å². The molecule has 132 valence electrons. The molecule has 0 unspecified atom stereocenters. The van der Waals surface area contributed by atoms with Gasteiger partial charge in [-0.2, -0.15) is 0 Å². The molecule has 1 aromatic carbocycles. The number of likely N-dealkylation sites (tertiary alicyclic amines) is 1. The fourth-order valence-electron chi connectivity index (χ4n) is 2.49. The number of nitrogens with zero attached hydrogens (tertiary/aromatic N) is 1. The molecule has 1 aromatic rings. The zero-order chi connectivity index (χ0) is 18.1. The highest BCUT2D eigenvalue weighted by Crippen LogP contribution is 2.21. The second-order valence-electron chi connectivity index (χ2n) is 7.05. The van der Waals surface area contributed by atoms with Crippen molar-refractivity contribution in [3.05, 3.63) is 24.3 Å². The van der Waals surface area contributed by atoms with Crippen LogP contribution in [-0.4, -0.2) is 44.3 Å². The van der Waals surface area contributed by atoms with Gasteiger partial charge >= 0.3 is 0 Å². The molecule has 1 fully saturated rings. The highest BCUT2D eigenvalue weighted by atomic mass is 32.2. The summed E-state index contributed by atoms with van der Waals surface area (Å²) in [4.78, 5) is 25.3. The smallest absolute Gasteiger partial charge is 0.241 e. The zero-order valence-corrected chi connectivity index (χ0v) is 15.1. The van der Waals surface area contributed by atoms with E-state index in [0.717, 1.165) is 0 Å². The normalized spacial score (nSPS) is 18.8. The van der Waals surface area contributed by atoms with Crippen LogP contribution < -0.4 is 10.0 Å². The fraction of sp³-hybridized carbons (Fsp3) is 0.500. The third kappa shape index (κ3) is 4.55. The molecule has 2 N–H and O–H groups in total. The molecule has 1 atom stereocenters. The van der Waals surface area contributed by atoms with E-state index in [0.29, 0.717) is 12.2 Å². The topological polar surface area (TPSA) is 95.6 Å². The molecule has 1 saturated heterocycles. The Labute approximate surface area is 142 Å². The molecule has 2 rings (SSSR count). The van der Waals surface area contributed by atoms with E-state index in [2.05, 4.69) is 10.0 Å². The summed E-state index contributed by atoms with van der Waals surface area (Å²) in [5, 5.41) is 2.69. The maximum Gasteiger partial charge on any atom is 0.241 e. The number of carbonyl (C=O) groups excluding carboxylic acids is 2. The van der Waals surface area contributed by atoms with Crippen molar-refractivity contribution in [2.45, 2.75) is 37.6 Å².